The van der Waals surface area contributed by atoms with E-state index in [1.54, 1.807) is 12.1 Å². The molecule has 0 fully saturated rings. The SMILES string of the molecule is CC(C)(Cl)c1cc(O)cc(CNC[C@@H](O)[C@H](Cc2ccccc2)NC(=O)O)c1. The highest BCUT2D eigenvalue weighted by atomic mass is 35.5. The van der Waals surface area contributed by atoms with E-state index in [4.69, 9.17) is 16.7 Å². The van der Waals surface area contributed by atoms with Gasteiger partial charge >= 0.3 is 6.09 Å². The van der Waals surface area contributed by atoms with E-state index in [1.165, 1.54) is 0 Å². The summed E-state index contributed by atoms with van der Waals surface area (Å²) in [7, 11) is 0. The molecule has 0 saturated heterocycles. The number of aliphatic hydroxyl groups is 1. The van der Waals surface area contributed by atoms with E-state index >= 15 is 0 Å². The summed E-state index contributed by atoms with van der Waals surface area (Å²) in [5, 5.41) is 34.9. The Morgan fingerprint density at radius 3 is 2.43 bits per heavy atom. The maximum Gasteiger partial charge on any atom is 0.404 e. The first-order valence-electron chi connectivity index (χ1n) is 9.09. The number of benzene rings is 2. The lowest BCUT2D eigenvalue weighted by Gasteiger charge is -2.24. The summed E-state index contributed by atoms with van der Waals surface area (Å²) in [4.78, 5) is 10.5. The molecule has 0 aliphatic carbocycles. The molecular weight excluding hydrogens is 380 g/mol. The number of hydrogen-bond acceptors (Lipinski definition) is 4. The van der Waals surface area contributed by atoms with Gasteiger partial charge in [0, 0.05) is 13.1 Å². The van der Waals surface area contributed by atoms with Gasteiger partial charge < -0.3 is 26.0 Å². The summed E-state index contributed by atoms with van der Waals surface area (Å²) in [5.41, 5.74) is 2.55. The molecule has 0 spiro atoms. The number of rotatable bonds is 9. The van der Waals surface area contributed by atoms with Crippen molar-refractivity contribution in [3.8, 4) is 5.75 Å². The smallest absolute Gasteiger partial charge is 0.404 e. The number of hydrogen-bond donors (Lipinski definition) is 5. The number of alkyl halides is 1. The maximum atomic E-state index is 11.1. The maximum absolute atomic E-state index is 11.1. The zero-order valence-corrected chi connectivity index (χ0v) is 16.8. The van der Waals surface area contributed by atoms with Crippen LogP contribution in [0.3, 0.4) is 0 Å². The van der Waals surface area contributed by atoms with Gasteiger partial charge in [0.1, 0.15) is 5.75 Å². The highest BCUT2D eigenvalue weighted by molar-refractivity contribution is 6.23. The Morgan fingerprint density at radius 1 is 1.14 bits per heavy atom. The lowest BCUT2D eigenvalue weighted by atomic mass is 9.99. The van der Waals surface area contributed by atoms with Gasteiger partial charge in [-0.05, 0) is 49.1 Å². The molecular formula is C21H27ClN2O4. The summed E-state index contributed by atoms with van der Waals surface area (Å²) in [6, 6.07) is 13.9. The Morgan fingerprint density at radius 2 is 1.82 bits per heavy atom. The molecule has 2 atom stereocenters. The van der Waals surface area contributed by atoms with Crippen molar-refractivity contribution in [1.82, 2.24) is 10.6 Å². The van der Waals surface area contributed by atoms with E-state index < -0.39 is 23.1 Å². The van der Waals surface area contributed by atoms with Crippen LogP contribution in [0, 0.1) is 0 Å². The summed E-state index contributed by atoms with van der Waals surface area (Å²) in [6.45, 7) is 4.27. The lowest BCUT2D eigenvalue weighted by molar-refractivity contribution is 0.117. The summed E-state index contributed by atoms with van der Waals surface area (Å²) < 4.78 is 0. The van der Waals surface area contributed by atoms with Crippen molar-refractivity contribution in [2.75, 3.05) is 6.54 Å². The van der Waals surface area contributed by atoms with Crippen LogP contribution in [0.1, 0.15) is 30.5 Å². The van der Waals surface area contributed by atoms with Gasteiger partial charge in [0.05, 0.1) is 17.0 Å². The Bertz CT molecular complexity index is 778. The molecule has 2 rings (SSSR count). The topological polar surface area (TPSA) is 102 Å². The van der Waals surface area contributed by atoms with Crippen LogP contribution >= 0.6 is 11.6 Å². The van der Waals surface area contributed by atoms with Crippen LogP contribution in [-0.2, 0) is 17.8 Å². The van der Waals surface area contributed by atoms with Crippen LogP contribution in [0.15, 0.2) is 48.5 Å². The number of aromatic hydroxyl groups is 1. The molecule has 28 heavy (non-hydrogen) atoms. The van der Waals surface area contributed by atoms with Crippen LogP contribution in [0.25, 0.3) is 0 Å². The zero-order valence-electron chi connectivity index (χ0n) is 16.0. The van der Waals surface area contributed by atoms with Gasteiger partial charge in [0.2, 0.25) is 0 Å². The quantitative estimate of drug-likeness (QED) is 0.411. The number of halogens is 1. The molecule has 2 aromatic rings. The normalized spacial score (nSPS) is 13.7. The van der Waals surface area contributed by atoms with Crippen LogP contribution in [0.2, 0.25) is 0 Å². The fraction of sp³-hybridized carbons (Fsp3) is 0.381. The van der Waals surface area contributed by atoms with E-state index in [0.29, 0.717) is 13.0 Å². The zero-order chi connectivity index (χ0) is 20.7. The second-order valence-electron chi connectivity index (χ2n) is 7.30. The van der Waals surface area contributed by atoms with Gasteiger partial charge in [-0.2, -0.15) is 0 Å². The molecule has 0 aliphatic rings. The second-order valence-corrected chi connectivity index (χ2v) is 8.25. The third-order valence-electron chi connectivity index (χ3n) is 4.42. The first kappa shape index (κ1) is 22.0. The second kappa shape index (κ2) is 9.78. The Balaban J connectivity index is 1.97. The number of carboxylic acid groups (broad SMARTS) is 1. The van der Waals surface area contributed by atoms with E-state index in [9.17, 15) is 15.0 Å². The molecule has 0 saturated carbocycles. The summed E-state index contributed by atoms with van der Waals surface area (Å²) in [6.07, 6.45) is -1.72. The number of nitrogens with one attached hydrogen (secondary N) is 2. The highest BCUT2D eigenvalue weighted by Crippen LogP contribution is 2.31. The first-order valence-corrected chi connectivity index (χ1v) is 9.47. The number of carbonyl (C=O) groups is 1. The minimum absolute atomic E-state index is 0.123. The molecule has 0 aliphatic heterocycles. The molecule has 0 radical (unpaired) electrons. The van der Waals surface area contributed by atoms with Gasteiger partial charge in [-0.1, -0.05) is 36.4 Å². The molecule has 2 aromatic carbocycles. The van der Waals surface area contributed by atoms with Gasteiger partial charge in [0.15, 0.2) is 0 Å². The van der Waals surface area contributed by atoms with Gasteiger partial charge in [0.25, 0.3) is 0 Å². The van der Waals surface area contributed by atoms with Crippen molar-refractivity contribution in [3.63, 3.8) is 0 Å². The van der Waals surface area contributed by atoms with Gasteiger partial charge in [-0.25, -0.2) is 4.79 Å². The van der Waals surface area contributed by atoms with E-state index in [0.717, 1.165) is 16.7 Å². The average Bonchev–Trinajstić information content (AvgIpc) is 2.60. The third kappa shape index (κ3) is 7.03. The first-order chi connectivity index (χ1) is 13.1. The predicted molar refractivity (Wildman–Crippen MR) is 110 cm³/mol. The van der Waals surface area contributed by atoms with Crippen LogP contribution in [0.5, 0.6) is 5.75 Å². The molecule has 5 N–H and O–H groups in total. The van der Waals surface area contributed by atoms with Gasteiger partial charge in [-0.3, -0.25) is 0 Å². The highest BCUT2D eigenvalue weighted by Gasteiger charge is 2.22. The van der Waals surface area contributed by atoms with Crippen molar-refractivity contribution < 1.29 is 20.1 Å². The van der Waals surface area contributed by atoms with Crippen LogP contribution < -0.4 is 10.6 Å². The predicted octanol–water partition coefficient (Wildman–Crippen LogP) is 3.20. The fourth-order valence-corrected chi connectivity index (χ4v) is 3.04. The van der Waals surface area contributed by atoms with Crippen LogP contribution in [-0.4, -0.2) is 40.1 Å². The van der Waals surface area contributed by atoms with E-state index in [-0.39, 0.29) is 12.3 Å². The molecule has 0 aromatic heterocycles. The number of amides is 1. The van der Waals surface area contributed by atoms with E-state index in [2.05, 4.69) is 10.6 Å². The Hall–Kier alpha value is -2.28. The lowest BCUT2D eigenvalue weighted by Crippen LogP contribution is -2.48. The molecule has 0 heterocycles. The molecule has 152 valence electrons. The van der Waals surface area contributed by atoms with E-state index in [1.807, 2.05) is 50.2 Å². The minimum Gasteiger partial charge on any atom is -0.508 e. The van der Waals surface area contributed by atoms with Crippen LogP contribution in [0.4, 0.5) is 4.79 Å². The summed E-state index contributed by atoms with van der Waals surface area (Å²) in [5.74, 6) is 0.123. The number of phenolic OH excluding ortho intramolecular Hbond substituents is 1. The van der Waals surface area contributed by atoms with Crippen molar-refractivity contribution in [2.24, 2.45) is 0 Å². The molecule has 0 bridgehead atoms. The monoisotopic (exact) mass is 406 g/mol. The molecule has 6 nitrogen and oxygen atoms in total. The minimum atomic E-state index is -1.18. The number of aliphatic hydroxyl groups excluding tert-OH is 1. The largest absolute Gasteiger partial charge is 0.508 e. The van der Waals surface area contributed by atoms with Crippen molar-refractivity contribution >= 4 is 17.7 Å². The fourth-order valence-electron chi connectivity index (χ4n) is 2.94. The van der Waals surface area contributed by atoms with Crippen molar-refractivity contribution in [3.05, 3.63) is 65.2 Å². The molecule has 0 unspecified atom stereocenters. The van der Waals surface area contributed by atoms with Crippen molar-refractivity contribution in [2.45, 2.75) is 43.8 Å². The number of phenols is 1. The Labute approximate surface area is 170 Å². The average molecular weight is 407 g/mol. The standard InChI is InChI=1S/C21H27ClN2O4/c1-21(2,22)16-8-15(9-17(25)11-16)12-23-13-19(26)18(24-20(27)28)10-14-6-4-3-5-7-14/h3-9,11,18-19,23-26H,10,12-13H2,1-2H3,(H,27,28)/t18-,19+/m0/s1. The summed E-state index contributed by atoms with van der Waals surface area (Å²) >= 11 is 6.32. The molecule has 7 heteroatoms. The van der Waals surface area contributed by atoms with Gasteiger partial charge in [-0.15, -0.1) is 11.6 Å². The third-order valence-corrected chi connectivity index (χ3v) is 4.64. The Kier molecular flexibility index (Phi) is 7.69. The van der Waals surface area contributed by atoms with Crippen molar-refractivity contribution in [1.29, 1.82) is 0 Å². The molecule has 1 amide bonds.